The van der Waals surface area contributed by atoms with Crippen molar-refractivity contribution in [3.63, 3.8) is 0 Å². The van der Waals surface area contributed by atoms with Gasteiger partial charge in [0.15, 0.2) is 6.61 Å². The molecule has 32 heavy (non-hydrogen) atoms. The normalized spacial score (nSPS) is 20.1. The molecule has 2 N–H and O–H groups in total. The number of ether oxygens (including phenoxy) is 1. The molecule has 1 heterocycles. The lowest BCUT2D eigenvalue weighted by Gasteiger charge is -2.34. The number of hydrogen-bond acceptors (Lipinski definition) is 3. The van der Waals surface area contributed by atoms with E-state index in [-0.39, 0.29) is 24.3 Å². The Bertz CT molecular complexity index is 963. The fourth-order valence-corrected chi connectivity index (χ4v) is 5.91. The molecular weight excluding hydrogens is 449 g/mol. The standard InChI is InChI=1S/C25H27Cl2NO4/c26-20-12-17(15-6-8-18(9-7-15)32-14-22(29)30)13-21(27)24(20)23(16-4-2-1-3-5-16)19-10-11-28-25(19)31/h6-9,12-13,16,19,23H,1-5,10-11,14H2,(H,28,31)(H,29,30). The van der Waals surface area contributed by atoms with Crippen molar-refractivity contribution in [1.82, 2.24) is 5.32 Å². The molecule has 0 spiro atoms. The topological polar surface area (TPSA) is 75.6 Å². The number of halogens is 2. The summed E-state index contributed by atoms with van der Waals surface area (Å²) in [6.07, 6.45) is 6.61. The summed E-state index contributed by atoms with van der Waals surface area (Å²) >= 11 is 13.7. The zero-order chi connectivity index (χ0) is 22.7. The van der Waals surface area contributed by atoms with Crippen LogP contribution in [0.3, 0.4) is 0 Å². The minimum absolute atomic E-state index is 0.0265. The molecule has 170 valence electrons. The molecule has 2 aliphatic rings. The molecule has 5 nitrogen and oxygen atoms in total. The molecule has 1 aliphatic heterocycles. The van der Waals surface area contributed by atoms with Gasteiger partial charge in [0.2, 0.25) is 5.91 Å². The minimum atomic E-state index is -1.02. The number of carboxylic acids is 1. The largest absolute Gasteiger partial charge is 0.482 e. The van der Waals surface area contributed by atoms with E-state index in [1.54, 1.807) is 12.1 Å². The summed E-state index contributed by atoms with van der Waals surface area (Å²) in [4.78, 5) is 23.3. The van der Waals surface area contributed by atoms with Crippen molar-refractivity contribution < 1.29 is 19.4 Å². The SMILES string of the molecule is O=C(O)COc1ccc(-c2cc(Cl)c(C(C3CCCCC3)C3CCNC3=O)c(Cl)c2)cc1. The van der Waals surface area contributed by atoms with Crippen molar-refractivity contribution in [1.29, 1.82) is 0 Å². The lowest BCUT2D eigenvalue weighted by Crippen LogP contribution is -2.30. The van der Waals surface area contributed by atoms with Gasteiger partial charge in [-0.3, -0.25) is 4.79 Å². The number of hydrogen-bond donors (Lipinski definition) is 2. The monoisotopic (exact) mass is 475 g/mol. The van der Waals surface area contributed by atoms with Crippen LogP contribution in [0.5, 0.6) is 5.75 Å². The predicted octanol–water partition coefficient (Wildman–Crippen LogP) is 5.92. The van der Waals surface area contributed by atoms with E-state index in [1.807, 2.05) is 24.3 Å². The van der Waals surface area contributed by atoms with Gasteiger partial charge in [-0.1, -0.05) is 54.6 Å². The van der Waals surface area contributed by atoms with Crippen molar-refractivity contribution in [2.75, 3.05) is 13.2 Å². The molecule has 2 aromatic carbocycles. The molecule has 2 aromatic rings. The Morgan fingerprint density at radius 1 is 1.03 bits per heavy atom. The Labute approximate surface area is 198 Å². The van der Waals surface area contributed by atoms with Crippen LogP contribution < -0.4 is 10.1 Å². The number of carboxylic acid groups (broad SMARTS) is 1. The van der Waals surface area contributed by atoms with Gasteiger partial charge in [0.25, 0.3) is 0 Å². The van der Waals surface area contributed by atoms with Gasteiger partial charge in [0.1, 0.15) is 5.75 Å². The number of carbonyl (C=O) groups excluding carboxylic acids is 1. The highest BCUT2D eigenvalue weighted by atomic mass is 35.5. The van der Waals surface area contributed by atoms with E-state index in [2.05, 4.69) is 5.32 Å². The minimum Gasteiger partial charge on any atom is -0.482 e. The van der Waals surface area contributed by atoms with Crippen LogP contribution in [-0.4, -0.2) is 30.1 Å². The second kappa shape index (κ2) is 10.1. The van der Waals surface area contributed by atoms with Gasteiger partial charge in [0, 0.05) is 28.4 Å². The first kappa shape index (κ1) is 22.9. The molecular formula is C25H27Cl2NO4. The van der Waals surface area contributed by atoms with E-state index in [0.717, 1.165) is 36.0 Å². The highest BCUT2D eigenvalue weighted by Gasteiger charge is 2.40. The Kier molecular flexibility index (Phi) is 7.27. The van der Waals surface area contributed by atoms with Gasteiger partial charge in [0.05, 0.1) is 0 Å². The van der Waals surface area contributed by atoms with E-state index in [0.29, 0.717) is 28.3 Å². The van der Waals surface area contributed by atoms with Crippen LogP contribution >= 0.6 is 23.2 Å². The Hall–Kier alpha value is -2.24. The number of rotatable bonds is 7. The van der Waals surface area contributed by atoms with Gasteiger partial charge in [-0.2, -0.15) is 0 Å². The molecule has 2 atom stereocenters. The molecule has 2 unspecified atom stereocenters. The third kappa shape index (κ3) is 5.05. The maximum Gasteiger partial charge on any atom is 0.341 e. The molecule has 4 rings (SSSR count). The van der Waals surface area contributed by atoms with Crippen molar-refractivity contribution in [3.8, 4) is 16.9 Å². The van der Waals surface area contributed by atoms with Crippen LogP contribution in [0.15, 0.2) is 36.4 Å². The van der Waals surface area contributed by atoms with Crippen molar-refractivity contribution in [2.24, 2.45) is 11.8 Å². The number of benzene rings is 2. The molecule has 0 bridgehead atoms. The van der Waals surface area contributed by atoms with E-state index < -0.39 is 5.97 Å². The fraction of sp³-hybridized carbons (Fsp3) is 0.440. The summed E-state index contributed by atoms with van der Waals surface area (Å²) in [5.74, 6) is -0.0950. The first-order valence-corrected chi connectivity index (χ1v) is 11.9. The molecule has 7 heteroatoms. The predicted molar refractivity (Wildman–Crippen MR) is 125 cm³/mol. The Balaban J connectivity index is 1.64. The van der Waals surface area contributed by atoms with Crippen molar-refractivity contribution in [3.05, 3.63) is 52.0 Å². The molecule has 2 fully saturated rings. The van der Waals surface area contributed by atoms with Gasteiger partial charge < -0.3 is 15.2 Å². The summed E-state index contributed by atoms with van der Waals surface area (Å²) in [5.41, 5.74) is 2.66. The smallest absolute Gasteiger partial charge is 0.341 e. The molecule has 1 amide bonds. The second-order valence-corrected chi connectivity index (χ2v) is 9.48. The summed E-state index contributed by atoms with van der Waals surface area (Å²) < 4.78 is 5.20. The first-order valence-electron chi connectivity index (χ1n) is 11.2. The van der Waals surface area contributed by atoms with Gasteiger partial charge in [-0.15, -0.1) is 0 Å². The zero-order valence-electron chi connectivity index (χ0n) is 17.8. The van der Waals surface area contributed by atoms with Gasteiger partial charge in [-0.05, 0) is 66.1 Å². The highest BCUT2D eigenvalue weighted by molar-refractivity contribution is 6.36. The maximum absolute atomic E-state index is 12.6. The lowest BCUT2D eigenvalue weighted by molar-refractivity contribution is -0.139. The van der Waals surface area contributed by atoms with Gasteiger partial charge in [-0.25, -0.2) is 4.79 Å². The second-order valence-electron chi connectivity index (χ2n) is 8.67. The summed E-state index contributed by atoms with van der Waals surface area (Å²) in [7, 11) is 0. The van der Waals surface area contributed by atoms with Crippen LogP contribution in [0.4, 0.5) is 0 Å². The van der Waals surface area contributed by atoms with Crippen LogP contribution in [0.2, 0.25) is 10.0 Å². The van der Waals surface area contributed by atoms with Gasteiger partial charge >= 0.3 is 5.97 Å². The summed E-state index contributed by atoms with van der Waals surface area (Å²) in [5, 5.41) is 12.9. The summed E-state index contributed by atoms with van der Waals surface area (Å²) in [6, 6.07) is 11.0. The van der Waals surface area contributed by atoms with E-state index in [9.17, 15) is 9.59 Å². The molecule has 1 saturated heterocycles. The fourth-order valence-electron chi connectivity index (χ4n) is 5.17. The number of carbonyl (C=O) groups is 2. The number of nitrogens with one attached hydrogen (secondary N) is 1. The highest BCUT2D eigenvalue weighted by Crippen LogP contribution is 2.48. The third-order valence-electron chi connectivity index (χ3n) is 6.64. The number of amides is 1. The number of aliphatic carboxylic acids is 1. The third-order valence-corrected chi connectivity index (χ3v) is 7.27. The molecule has 1 aliphatic carbocycles. The van der Waals surface area contributed by atoms with E-state index in [1.165, 1.54) is 19.3 Å². The Morgan fingerprint density at radius 2 is 1.69 bits per heavy atom. The van der Waals surface area contributed by atoms with Crippen LogP contribution in [0, 0.1) is 11.8 Å². The molecule has 0 aromatic heterocycles. The summed E-state index contributed by atoms with van der Waals surface area (Å²) in [6.45, 7) is 0.319. The van der Waals surface area contributed by atoms with Crippen LogP contribution in [-0.2, 0) is 9.59 Å². The Morgan fingerprint density at radius 3 is 2.25 bits per heavy atom. The van der Waals surface area contributed by atoms with E-state index in [4.69, 9.17) is 33.0 Å². The van der Waals surface area contributed by atoms with Crippen molar-refractivity contribution >= 4 is 35.1 Å². The lowest BCUT2D eigenvalue weighted by atomic mass is 9.70. The van der Waals surface area contributed by atoms with E-state index >= 15 is 0 Å². The zero-order valence-corrected chi connectivity index (χ0v) is 19.3. The van der Waals surface area contributed by atoms with Crippen LogP contribution in [0.25, 0.3) is 11.1 Å². The maximum atomic E-state index is 12.6. The molecule has 1 saturated carbocycles. The molecule has 0 radical (unpaired) electrons. The quantitative estimate of drug-likeness (QED) is 0.520. The van der Waals surface area contributed by atoms with Crippen LogP contribution in [0.1, 0.15) is 50.0 Å². The average molecular weight is 476 g/mol. The average Bonchev–Trinajstić information content (AvgIpc) is 3.21. The van der Waals surface area contributed by atoms with Crippen molar-refractivity contribution in [2.45, 2.75) is 44.4 Å². The first-order chi connectivity index (χ1) is 15.4.